The zero-order valence-corrected chi connectivity index (χ0v) is 9.99. The molecule has 16 heavy (non-hydrogen) atoms. The van der Waals surface area contributed by atoms with Gasteiger partial charge in [-0.25, -0.2) is 4.98 Å². The highest BCUT2D eigenvalue weighted by Gasteiger charge is 2.02. The van der Waals surface area contributed by atoms with Crippen LogP contribution in [-0.4, -0.2) is 38.5 Å². The second-order valence-electron chi connectivity index (χ2n) is 3.34. The Morgan fingerprint density at radius 2 is 2.31 bits per heavy atom. The summed E-state index contributed by atoms with van der Waals surface area (Å²) in [6.45, 7) is 5.52. The summed E-state index contributed by atoms with van der Waals surface area (Å²) in [7, 11) is 1.68. The Kier molecular flexibility index (Phi) is 6.80. The number of hydrogen-bond donors (Lipinski definition) is 1. The van der Waals surface area contributed by atoms with Crippen LogP contribution in [-0.2, 0) is 22.4 Å². The summed E-state index contributed by atoms with van der Waals surface area (Å²) in [5.41, 5.74) is 0. The van der Waals surface area contributed by atoms with Gasteiger partial charge in [0.2, 0.25) is 5.89 Å². The van der Waals surface area contributed by atoms with E-state index >= 15 is 0 Å². The molecule has 1 N–H and O–H groups in total. The molecule has 1 aromatic heterocycles. The zero-order chi connectivity index (χ0) is 11.6. The van der Waals surface area contributed by atoms with Crippen molar-refractivity contribution in [2.45, 2.75) is 19.9 Å². The van der Waals surface area contributed by atoms with Gasteiger partial charge in [0.05, 0.1) is 26.0 Å². The summed E-state index contributed by atoms with van der Waals surface area (Å²) in [4.78, 5) is 4.17. The van der Waals surface area contributed by atoms with E-state index in [2.05, 4.69) is 10.3 Å². The quantitative estimate of drug-likeness (QED) is 0.639. The minimum absolute atomic E-state index is 0.637. The number of rotatable bonds is 9. The monoisotopic (exact) mass is 228 g/mol. The van der Waals surface area contributed by atoms with Gasteiger partial charge in [0.15, 0.2) is 0 Å². The highest BCUT2D eigenvalue weighted by Crippen LogP contribution is 2.04. The number of aromatic nitrogens is 1. The van der Waals surface area contributed by atoms with Crippen LogP contribution in [0.2, 0.25) is 0 Å². The Morgan fingerprint density at radius 1 is 1.44 bits per heavy atom. The summed E-state index contributed by atoms with van der Waals surface area (Å²) in [5.74, 6) is 1.58. The van der Waals surface area contributed by atoms with Crippen LogP contribution in [0.3, 0.4) is 0 Å². The van der Waals surface area contributed by atoms with Gasteiger partial charge < -0.3 is 19.2 Å². The third kappa shape index (κ3) is 5.25. The Hall–Kier alpha value is -0.910. The lowest BCUT2D eigenvalue weighted by Gasteiger charge is -2.00. The first kappa shape index (κ1) is 13.2. The Labute approximate surface area is 96.1 Å². The highest BCUT2D eigenvalue weighted by molar-refractivity contribution is 4.94. The summed E-state index contributed by atoms with van der Waals surface area (Å²) in [6.07, 6.45) is 2.53. The van der Waals surface area contributed by atoms with Crippen LogP contribution in [0, 0.1) is 0 Å². The van der Waals surface area contributed by atoms with E-state index in [0.29, 0.717) is 25.6 Å². The van der Waals surface area contributed by atoms with E-state index < -0.39 is 0 Å². The molecular formula is C11H20N2O3. The minimum Gasteiger partial charge on any atom is -0.444 e. The van der Waals surface area contributed by atoms with Gasteiger partial charge in [-0.15, -0.1) is 0 Å². The number of nitrogens with zero attached hydrogens (tertiary/aromatic N) is 1. The van der Waals surface area contributed by atoms with Crippen LogP contribution in [0.15, 0.2) is 10.6 Å². The average molecular weight is 228 g/mol. The van der Waals surface area contributed by atoms with Crippen LogP contribution in [0.5, 0.6) is 0 Å². The van der Waals surface area contributed by atoms with Crippen LogP contribution in [0.1, 0.15) is 18.6 Å². The molecule has 0 atom stereocenters. The van der Waals surface area contributed by atoms with Crippen LogP contribution in [0.25, 0.3) is 0 Å². The second kappa shape index (κ2) is 8.27. The fourth-order valence-electron chi connectivity index (χ4n) is 1.23. The smallest absolute Gasteiger partial charge is 0.208 e. The van der Waals surface area contributed by atoms with Crippen molar-refractivity contribution < 1.29 is 13.9 Å². The maximum Gasteiger partial charge on any atom is 0.208 e. The molecule has 92 valence electrons. The molecular weight excluding hydrogens is 208 g/mol. The maximum absolute atomic E-state index is 5.52. The van der Waals surface area contributed by atoms with Gasteiger partial charge in [-0.05, 0) is 6.92 Å². The van der Waals surface area contributed by atoms with Crippen molar-refractivity contribution in [3.05, 3.63) is 17.8 Å². The van der Waals surface area contributed by atoms with Crippen LogP contribution < -0.4 is 5.32 Å². The fourth-order valence-corrected chi connectivity index (χ4v) is 1.23. The molecule has 1 rings (SSSR count). The lowest BCUT2D eigenvalue weighted by Crippen LogP contribution is -2.18. The number of nitrogens with one attached hydrogen (secondary N) is 1. The Morgan fingerprint density at radius 3 is 3.06 bits per heavy atom. The molecule has 0 unspecified atom stereocenters. The van der Waals surface area contributed by atoms with Gasteiger partial charge in [-0.2, -0.15) is 0 Å². The number of oxazole rings is 1. The molecule has 0 saturated heterocycles. The third-order valence-corrected chi connectivity index (χ3v) is 2.06. The molecule has 0 fully saturated rings. The van der Waals surface area contributed by atoms with Crippen molar-refractivity contribution in [2.24, 2.45) is 0 Å². The summed E-state index contributed by atoms with van der Waals surface area (Å²) < 4.78 is 15.7. The van der Waals surface area contributed by atoms with Gasteiger partial charge in [0, 0.05) is 26.7 Å². The number of ether oxygens (including phenoxy) is 2. The van der Waals surface area contributed by atoms with Gasteiger partial charge in [-0.1, -0.05) is 0 Å². The van der Waals surface area contributed by atoms with Gasteiger partial charge in [-0.3, -0.25) is 0 Å². The van der Waals surface area contributed by atoms with Crippen LogP contribution >= 0.6 is 0 Å². The Balaban J connectivity index is 2.17. The molecule has 0 aliphatic heterocycles. The van der Waals surface area contributed by atoms with Gasteiger partial charge in [0.25, 0.3) is 0 Å². The van der Waals surface area contributed by atoms with Crippen molar-refractivity contribution in [2.75, 3.05) is 33.5 Å². The highest BCUT2D eigenvalue weighted by atomic mass is 16.5. The Bertz CT molecular complexity index is 276. The minimum atomic E-state index is 0.637. The van der Waals surface area contributed by atoms with E-state index in [0.717, 1.165) is 25.3 Å². The number of methoxy groups -OCH3 is 1. The van der Waals surface area contributed by atoms with E-state index in [9.17, 15) is 0 Å². The summed E-state index contributed by atoms with van der Waals surface area (Å²) >= 11 is 0. The zero-order valence-electron chi connectivity index (χ0n) is 9.99. The molecule has 0 bridgehead atoms. The lowest BCUT2D eigenvalue weighted by atomic mass is 10.4. The summed E-state index contributed by atoms with van der Waals surface area (Å²) in [6, 6.07) is 0. The predicted octanol–water partition coefficient (Wildman–Crippen LogP) is 0.990. The largest absolute Gasteiger partial charge is 0.444 e. The van der Waals surface area contributed by atoms with Crippen molar-refractivity contribution >= 4 is 0 Å². The first-order chi connectivity index (χ1) is 7.86. The van der Waals surface area contributed by atoms with E-state index in [4.69, 9.17) is 13.9 Å². The molecule has 1 heterocycles. The molecule has 1 aromatic rings. The molecule has 0 spiro atoms. The summed E-state index contributed by atoms with van der Waals surface area (Å²) in [5, 5.41) is 3.17. The molecule has 0 aliphatic rings. The van der Waals surface area contributed by atoms with E-state index in [-0.39, 0.29) is 0 Å². The molecule has 0 aromatic carbocycles. The molecule has 0 radical (unpaired) electrons. The first-order valence-corrected chi connectivity index (χ1v) is 5.57. The van der Waals surface area contributed by atoms with Crippen molar-refractivity contribution in [3.8, 4) is 0 Å². The van der Waals surface area contributed by atoms with Crippen molar-refractivity contribution in [1.82, 2.24) is 10.3 Å². The van der Waals surface area contributed by atoms with Gasteiger partial charge in [0.1, 0.15) is 5.76 Å². The molecule has 0 amide bonds. The van der Waals surface area contributed by atoms with E-state index in [1.165, 1.54) is 0 Å². The number of hydrogen-bond acceptors (Lipinski definition) is 5. The molecule has 0 aliphatic carbocycles. The standard InChI is InChI=1S/C11H20N2O3/c1-3-15-6-4-10-8-13-11(16-10)9-12-5-7-14-2/h8,12H,3-7,9H2,1-2H3. The predicted molar refractivity (Wildman–Crippen MR) is 60.3 cm³/mol. The molecule has 5 nitrogen and oxygen atoms in total. The topological polar surface area (TPSA) is 56.5 Å². The second-order valence-corrected chi connectivity index (χ2v) is 3.34. The van der Waals surface area contributed by atoms with Crippen molar-refractivity contribution in [3.63, 3.8) is 0 Å². The fraction of sp³-hybridized carbons (Fsp3) is 0.727. The first-order valence-electron chi connectivity index (χ1n) is 5.57. The van der Waals surface area contributed by atoms with Crippen LogP contribution in [0.4, 0.5) is 0 Å². The van der Waals surface area contributed by atoms with E-state index in [1.807, 2.05) is 6.92 Å². The van der Waals surface area contributed by atoms with E-state index in [1.54, 1.807) is 13.3 Å². The lowest BCUT2D eigenvalue weighted by molar-refractivity contribution is 0.146. The normalized spacial score (nSPS) is 10.9. The third-order valence-electron chi connectivity index (χ3n) is 2.06. The van der Waals surface area contributed by atoms with Gasteiger partial charge >= 0.3 is 0 Å². The molecule has 5 heteroatoms. The average Bonchev–Trinajstić information content (AvgIpc) is 2.73. The maximum atomic E-state index is 5.52. The molecule has 0 saturated carbocycles. The SMILES string of the molecule is CCOCCc1cnc(CNCCOC)o1. The van der Waals surface area contributed by atoms with Crippen molar-refractivity contribution in [1.29, 1.82) is 0 Å².